The molecule has 1 aromatic heterocycles. The highest BCUT2D eigenvalue weighted by Crippen LogP contribution is 2.37. The molecule has 3 N–H and O–H groups in total. The molecular formula is C24H23ClF3N3O4. The second-order valence-corrected chi connectivity index (χ2v) is 8.61. The quantitative estimate of drug-likeness (QED) is 0.376. The first-order valence-electron chi connectivity index (χ1n) is 10.9. The van der Waals surface area contributed by atoms with E-state index in [4.69, 9.17) is 26.5 Å². The van der Waals surface area contributed by atoms with Gasteiger partial charge in [-0.1, -0.05) is 17.7 Å². The van der Waals surface area contributed by atoms with E-state index in [2.05, 4.69) is 15.0 Å². The second-order valence-electron chi connectivity index (χ2n) is 8.20. The van der Waals surface area contributed by atoms with E-state index >= 15 is 0 Å². The summed E-state index contributed by atoms with van der Waals surface area (Å²) < 4.78 is 55.7. The molecule has 1 fully saturated rings. The fourth-order valence-corrected chi connectivity index (χ4v) is 3.55. The summed E-state index contributed by atoms with van der Waals surface area (Å²) in [7, 11) is 0. The van der Waals surface area contributed by atoms with Crippen molar-refractivity contribution in [3.05, 3.63) is 64.3 Å². The van der Waals surface area contributed by atoms with Gasteiger partial charge in [0.15, 0.2) is 23.0 Å². The largest absolute Gasteiger partial charge is 0.489 e. The van der Waals surface area contributed by atoms with Crippen molar-refractivity contribution in [1.29, 1.82) is 0 Å². The molecule has 7 nitrogen and oxygen atoms in total. The number of nitrogens with two attached hydrogens (primary N) is 1. The molecule has 2 aromatic carbocycles. The number of carbonyl (C=O) groups excluding carboxylic acids is 1. The van der Waals surface area contributed by atoms with Gasteiger partial charge in [0.2, 0.25) is 5.89 Å². The Kier molecular flexibility index (Phi) is 7.51. The van der Waals surface area contributed by atoms with Crippen molar-refractivity contribution in [3.63, 3.8) is 0 Å². The van der Waals surface area contributed by atoms with E-state index in [0.29, 0.717) is 18.1 Å². The highest BCUT2D eigenvalue weighted by Gasteiger charge is 2.26. The van der Waals surface area contributed by atoms with Crippen molar-refractivity contribution >= 4 is 17.5 Å². The summed E-state index contributed by atoms with van der Waals surface area (Å²) in [6, 6.07) is 7.75. The van der Waals surface area contributed by atoms with E-state index in [0.717, 1.165) is 12.8 Å². The Hall–Kier alpha value is -3.24. The number of rotatable bonds is 10. The number of carbonyl (C=O) groups is 1. The number of aromatic nitrogens is 1. The molecule has 1 heterocycles. The van der Waals surface area contributed by atoms with Crippen molar-refractivity contribution in [3.8, 4) is 23.0 Å². The summed E-state index contributed by atoms with van der Waals surface area (Å²) in [5.41, 5.74) is 6.38. The fourth-order valence-electron chi connectivity index (χ4n) is 3.32. The van der Waals surface area contributed by atoms with E-state index in [1.807, 2.05) is 0 Å². The van der Waals surface area contributed by atoms with Crippen LogP contribution < -0.4 is 20.5 Å². The van der Waals surface area contributed by atoms with Gasteiger partial charge in [-0.25, -0.2) is 9.37 Å². The summed E-state index contributed by atoms with van der Waals surface area (Å²) in [5, 5.41) is 2.74. The number of amides is 1. The third kappa shape index (κ3) is 6.07. The van der Waals surface area contributed by atoms with Gasteiger partial charge < -0.3 is 24.9 Å². The smallest absolute Gasteiger partial charge is 0.387 e. The summed E-state index contributed by atoms with van der Waals surface area (Å²) in [6.07, 6.45) is 2.03. The third-order valence-electron chi connectivity index (χ3n) is 5.35. The number of oxazole rings is 1. The third-order valence-corrected chi connectivity index (χ3v) is 5.70. The van der Waals surface area contributed by atoms with E-state index in [9.17, 15) is 18.0 Å². The molecule has 0 radical (unpaired) electrons. The Morgan fingerprint density at radius 1 is 1.29 bits per heavy atom. The number of nitrogens with zero attached hydrogens (tertiary/aromatic N) is 1. The molecule has 1 saturated carbocycles. The van der Waals surface area contributed by atoms with Crippen LogP contribution in [-0.4, -0.2) is 24.1 Å². The van der Waals surface area contributed by atoms with Crippen LogP contribution in [0.25, 0.3) is 11.5 Å². The minimum absolute atomic E-state index is 0.0336. The van der Waals surface area contributed by atoms with Crippen LogP contribution in [0.4, 0.5) is 13.2 Å². The molecular weight excluding hydrogens is 487 g/mol. The van der Waals surface area contributed by atoms with E-state index < -0.39 is 24.4 Å². The molecule has 0 aliphatic heterocycles. The molecule has 4 rings (SSSR count). The van der Waals surface area contributed by atoms with Gasteiger partial charge in [-0.05, 0) is 56.0 Å². The number of ether oxygens (including phenoxy) is 2. The van der Waals surface area contributed by atoms with Crippen molar-refractivity contribution in [2.24, 2.45) is 11.7 Å². The predicted octanol–water partition coefficient (Wildman–Crippen LogP) is 5.47. The minimum atomic E-state index is -3.02. The summed E-state index contributed by atoms with van der Waals surface area (Å²) in [6.45, 7) is -1.22. The number of hydrogen-bond donors (Lipinski definition) is 2. The van der Waals surface area contributed by atoms with Gasteiger partial charge >= 0.3 is 6.61 Å². The lowest BCUT2D eigenvalue weighted by Crippen LogP contribution is -2.26. The highest BCUT2D eigenvalue weighted by molar-refractivity contribution is 6.31. The van der Waals surface area contributed by atoms with Crippen LogP contribution in [0.3, 0.4) is 0 Å². The summed E-state index contributed by atoms with van der Waals surface area (Å²) in [4.78, 5) is 17.1. The van der Waals surface area contributed by atoms with Crippen molar-refractivity contribution < 1.29 is 31.9 Å². The Morgan fingerprint density at radius 3 is 2.71 bits per heavy atom. The molecule has 0 saturated heterocycles. The van der Waals surface area contributed by atoms with Crippen LogP contribution in [0.2, 0.25) is 5.02 Å². The molecule has 1 amide bonds. The van der Waals surface area contributed by atoms with Crippen LogP contribution in [0.1, 0.15) is 47.6 Å². The van der Waals surface area contributed by atoms with Gasteiger partial charge in [-0.3, -0.25) is 4.79 Å². The number of nitrogens with one attached hydrogen (secondary N) is 1. The molecule has 1 atom stereocenters. The van der Waals surface area contributed by atoms with Crippen LogP contribution >= 0.6 is 11.6 Å². The van der Waals surface area contributed by atoms with Crippen LogP contribution in [0.5, 0.6) is 11.5 Å². The lowest BCUT2D eigenvalue weighted by molar-refractivity contribution is -0.0515. The standard InChI is InChI=1S/C24H23ClF3N3O4/c1-12(29)21-20(22(32)30-10-15-16(25)3-2-4-17(15)26)31-23(35-21)14-7-8-18(34-24(27)28)19(9-14)33-11-13-5-6-13/h2-4,7-9,12-13,24H,5-6,10-11,29H2,1H3,(H,30,32). The number of alkyl halides is 2. The van der Waals surface area contributed by atoms with Crippen molar-refractivity contribution in [2.45, 2.75) is 39.0 Å². The highest BCUT2D eigenvalue weighted by atomic mass is 35.5. The average Bonchev–Trinajstić information content (AvgIpc) is 3.52. The SMILES string of the molecule is CC(N)c1oc(-c2ccc(OC(F)F)c(OCC3CC3)c2)nc1C(=O)NCc1c(F)cccc1Cl. The monoisotopic (exact) mass is 509 g/mol. The first-order valence-corrected chi connectivity index (χ1v) is 11.3. The van der Waals surface area contributed by atoms with E-state index in [1.54, 1.807) is 6.92 Å². The molecule has 1 aliphatic carbocycles. The zero-order chi connectivity index (χ0) is 25.1. The van der Waals surface area contributed by atoms with E-state index in [-0.39, 0.29) is 46.0 Å². The topological polar surface area (TPSA) is 99.6 Å². The van der Waals surface area contributed by atoms with Crippen LogP contribution in [-0.2, 0) is 6.54 Å². The minimum Gasteiger partial charge on any atom is -0.489 e. The van der Waals surface area contributed by atoms with Gasteiger partial charge in [0.25, 0.3) is 5.91 Å². The average molecular weight is 510 g/mol. The maximum atomic E-state index is 14.0. The van der Waals surface area contributed by atoms with Crippen LogP contribution in [0.15, 0.2) is 40.8 Å². The van der Waals surface area contributed by atoms with Gasteiger partial charge in [0.1, 0.15) is 5.82 Å². The van der Waals surface area contributed by atoms with Crippen molar-refractivity contribution in [2.75, 3.05) is 6.61 Å². The lowest BCUT2D eigenvalue weighted by Gasteiger charge is -2.12. The lowest BCUT2D eigenvalue weighted by atomic mass is 10.2. The molecule has 1 aliphatic rings. The Bertz CT molecular complexity index is 1190. The first-order chi connectivity index (χ1) is 16.7. The van der Waals surface area contributed by atoms with Gasteiger partial charge in [0.05, 0.1) is 12.6 Å². The molecule has 0 spiro atoms. The molecule has 1 unspecified atom stereocenters. The van der Waals surface area contributed by atoms with Crippen LogP contribution in [0, 0.1) is 11.7 Å². The summed E-state index contributed by atoms with van der Waals surface area (Å²) in [5.74, 6) is -0.705. The summed E-state index contributed by atoms with van der Waals surface area (Å²) >= 11 is 6.02. The number of halogens is 4. The molecule has 35 heavy (non-hydrogen) atoms. The first kappa shape index (κ1) is 24.9. The second kappa shape index (κ2) is 10.6. The zero-order valence-corrected chi connectivity index (χ0v) is 19.4. The fraction of sp³-hybridized carbons (Fsp3) is 0.333. The maximum Gasteiger partial charge on any atom is 0.387 e. The molecule has 3 aromatic rings. The van der Waals surface area contributed by atoms with Gasteiger partial charge in [-0.2, -0.15) is 8.78 Å². The van der Waals surface area contributed by atoms with E-state index in [1.165, 1.54) is 36.4 Å². The number of hydrogen-bond acceptors (Lipinski definition) is 6. The van der Waals surface area contributed by atoms with Gasteiger partial charge in [0, 0.05) is 22.7 Å². The van der Waals surface area contributed by atoms with Gasteiger partial charge in [-0.15, -0.1) is 0 Å². The zero-order valence-electron chi connectivity index (χ0n) is 18.7. The molecule has 11 heteroatoms. The molecule has 186 valence electrons. The number of benzene rings is 2. The Balaban J connectivity index is 1.59. The molecule has 0 bridgehead atoms. The normalized spacial score (nSPS) is 14.1. The Labute approximate surface area is 204 Å². The Morgan fingerprint density at radius 2 is 2.06 bits per heavy atom. The predicted molar refractivity (Wildman–Crippen MR) is 122 cm³/mol. The maximum absolute atomic E-state index is 14.0. The van der Waals surface area contributed by atoms with Crippen molar-refractivity contribution in [1.82, 2.24) is 10.3 Å².